The van der Waals surface area contributed by atoms with Crippen molar-refractivity contribution in [3.63, 3.8) is 0 Å². The van der Waals surface area contributed by atoms with E-state index < -0.39 is 28.5 Å². The summed E-state index contributed by atoms with van der Waals surface area (Å²) in [6.45, 7) is 8.56. The number of nitrogens with zero attached hydrogens (tertiary/aromatic N) is 2. The van der Waals surface area contributed by atoms with Crippen LogP contribution >= 0.6 is 23.2 Å². The number of halogens is 2. The zero-order chi connectivity index (χ0) is 28.9. The molecule has 10 heteroatoms. The van der Waals surface area contributed by atoms with Crippen LogP contribution in [0.3, 0.4) is 0 Å². The van der Waals surface area contributed by atoms with Gasteiger partial charge in [-0.25, -0.2) is 8.42 Å². The van der Waals surface area contributed by atoms with Crippen LogP contribution in [0.2, 0.25) is 10.0 Å². The minimum Gasteiger partial charge on any atom is -0.352 e. The van der Waals surface area contributed by atoms with Gasteiger partial charge in [0.2, 0.25) is 11.8 Å². The molecule has 208 valence electrons. The van der Waals surface area contributed by atoms with Crippen molar-refractivity contribution in [2.45, 2.75) is 58.1 Å². The van der Waals surface area contributed by atoms with Crippen LogP contribution in [0.1, 0.15) is 37.5 Å². The van der Waals surface area contributed by atoms with E-state index in [4.69, 9.17) is 23.2 Å². The summed E-state index contributed by atoms with van der Waals surface area (Å²) in [4.78, 5) is 28.3. The summed E-state index contributed by atoms with van der Waals surface area (Å²) in [5.74, 6) is -0.922. The van der Waals surface area contributed by atoms with Crippen LogP contribution in [0, 0.1) is 13.8 Å². The zero-order valence-corrected chi connectivity index (χ0v) is 24.9. The molecule has 1 N–H and O–H groups in total. The van der Waals surface area contributed by atoms with Crippen LogP contribution in [0.25, 0.3) is 0 Å². The number of benzene rings is 3. The Hall–Kier alpha value is -3.07. The molecule has 0 saturated carbocycles. The van der Waals surface area contributed by atoms with Gasteiger partial charge in [-0.3, -0.25) is 13.9 Å². The SMILES string of the molecule is Cc1ccc(S(=O)(=O)N(CC(=O)N(Cc2cccc(C)c2)[C@H](C)C(=O)NC(C)C)c2cccc(Cl)c2Cl)cc1. The van der Waals surface area contributed by atoms with Gasteiger partial charge in [0, 0.05) is 12.6 Å². The maximum Gasteiger partial charge on any atom is 0.264 e. The van der Waals surface area contributed by atoms with E-state index in [-0.39, 0.29) is 39.1 Å². The van der Waals surface area contributed by atoms with Gasteiger partial charge in [-0.2, -0.15) is 0 Å². The van der Waals surface area contributed by atoms with Gasteiger partial charge in [0.15, 0.2) is 0 Å². The highest BCUT2D eigenvalue weighted by Crippen LogP contribution is 2.35. The number of aryl methyl sites for hydroxylation is 2. The lowest BCUT2D eigenvalue weighted by Gasteiger charge is -2.32. The number of amides is 2. The molecule has 0 radical (unpaired) electrons. The van der Waals surface area contributed by atoms with E-state index in [0.717, 1.165) is 21.0 Å². The summed E-state index contributed by atoms with van der Waals surface area (Å²) in [5, 5.41) is 2.98. The van der Waals surface area contributed by atoms with Gasteiger partial charge >= 0.3 is 0 Å². The molecule has 3 rings (SSSR count). The first-order valence-corrected chi connectivity index (χ1v) is 14.7. The van der Waals surface area contributed by atoms with E-state index in [9.17, 15) is 18.0 Å². The Labute approximate surface area is 240 Å². The van der Waals surface area contributed by atoms with Crippen molar-refractivity contribution < 1.29 is 18.0 Å². The van der Waals surface area contributed by atoms with E-state index in [1.165, 1.54) is 29.2 Å². The number of hydrogen-bond donors (Lipinski definition) is 1. The molecule has 2 amide bonds. The van der Waals surface area contributed by atoms with Crippen molar-refractivity contribution in [3.05, 3.63) is 93.5 Å². The highest BCUT2D eigenvalue weighted by atomic mass is 35.5. The number of rotatable bonds is 10. The first kappa shape index (κ1) is 30.5. The highest BCUT2D eigenvalue weighted by Gasteiger charge is 2.33. The van der Waals surface area contributed by atoms with Crippen LogP contribution in [0.4, 0.5) is 5.69 Å². The normalized spacial score (nSPS) is 12.2. The summed E-state index contributed by atoms with van der Waals surface area (Å²) in [6.07, 6.45) is 0. The predicted octanol–water partition coefficient (Wildman–Crippen LogP) is 5.75. The van der Waals surface area contributed by atoms with Gasteiger partial charge in [-0.1, -0.05) is 76.8 Å². The number of carbonyl (C=O) groups excluding carboxylic acids is 2. The molecule has 3 aromatic carbocycles. The smallest absolute Gasteiger partial charge is 0.264 e. The van der Waals surface area contributed by atoms with Gasteiger partial charge < -0.3 is 10.2 Å². The van der Waals surface area contributed by atoms with Gasteiger partial charge in [0.1, 0.15) is 12.6 Å². The van der Waals surface area contributed by atoms with Crippen molar-refractivity contribution in [3.8, 4) is 0 Å². The molecule has 0 aliphatic carbocycles. The average Bonchev–Trinajstić information content (AvgIpc) is 2.87. The summed E-state index contributed by atoms with van der Waals surface area (Å²) >= 11 is 12.7. The molecule has 0 heterocycles. The minimum atomic E-state index is -4.24. The Bertz CT molecular complexity index is 1440. The van der Waals surface area contributed by atoms with Crippen molar-refractivity contribution in [2.75, 3.05) is 10.8 Å². The molecule has 0 saturated heterocycles. The lowest BCUT2D eigenvalue weighted by Crippen LogP contribution is -2.52. The molecular formula is C29H33Cl2N3O4S. The second kappa shape index (κ2) is 12.9. The molecule has 7 nitrogen and oxygen atoms in total. The highest BCUT2D eigenvalue weighted by molar-refractivity contribution is 7.92. The zero-order valence-electron chi connectivity index (χ0n) is 22.6. The van der Waals surface area contributed by atoms with Crippen molar-refractivity contribution in [1.82, 2.24) is 10.2 Å². The number of carbonyl (C=O) groups is 2. The fraction of sp³-hybridized carbons (Fsp3) is 0.310. The second-order valence-corrected chi connectivity index (χ2v) is 12.4. The fourth-order valence-electron chi connectivity index (χ4n) is 4.03. The van der Waals surface area contributed by atoms with Crippen molar-refractivity contribution in [2.24, 2.45) is 0 Å². The summed E-state index contributed by atoms with van der Waals surface area (Å²) in [5.41, 5.74) is 2.74. The minimum absolute atomic E-state index is 0.00140. The van der Waals surface area contributed by atoms with Crippen LogP contribution < -0.4 is 9.62 Å². The van der Waals surface area contributed by atoms with E-state index in [0.29, 0.717) is 0 Å². The van der Waals surface area contributed by atoms with Gasteiger partial charge in [0.05, 0.1) is 20.6 Å². The van der Waals surface area contributed by atoms with E-state index in [1.54, 1.807) is 25.1 Å². The number of sulfonamides is 1. The molecule has 0 bridgehead atoms. The van der Waals surface area contributed by atoms with Crippen LogP contribution in [-0.4, -0.2) is 43.8 Å². The second-order valence-electron chi connectivity index (χ2n) is 9.75. The number of nitrogens with one attached hydrogen (secondary N) is 1. The van der Waals surface area contributed by atoms with Crippen molar-refractivity contribution in [1.29, 1.82) is 0 Å². The van der Waals surface area contributed by atoms with E-state index >= 15 is 0 Å². The van der Waals surface area contributed by atoms with Gasteiger partial charge in [-0.15, -0.1) is 0 Å². The Morgan fingerprint density at radius 2 is 1.54 bits per heavy atom. The molecule has 0 aliphatic rings. The van der Waals surface area contributed by atoms with Crippen LogP contribution in [0.15, 0.2) is 71.6 Å². The van der Waals surface area contributed by atoms with E-state index in [1.807, 2.05) is 52.0 Å². The summed E-state index contributed by atoms with van der Waals surface area (Å²) in [6, 6.07) is 17.5. The summed E-state index contributed by atoms with van der Waals surface area (Å²) < 4.78 is 28.7. The molecule has 39 heavy (non-hydrogen) atoms. The molecule has 0 fully saturated rings. The third kappa shape index (κ3) is 7.53. The number of hydrogen-bond acceptors (Lipinski definition) is 4. The molecule has 0 aromatic heterocycles. The first-order valence-electron chi connectivity index (χ1n) is 12.5. The maximum absolute atomic E-state index is 13.9. The Kier molecular flexibility index (Phi) is 10.0. The first-order chi connectivity index (χ1) is 18.3. The monoisotopic (exact) mass is 589 g/mol. The molecule has 0 unspecified atom stereocenters. The molecule has 0 aliphatic heterocycles. The van der Waals surface area contributed by atoms with Gasteiger partial charge in [-0.05, 0) is 64.4 Å². The third-order valence-electron chi connectivity index (χ3n) is 6.12. The Morgan fingerprint density at radius 1 is 0.897 bits per heavy atom. The largest absolute Gasteiger partial charge is 0.352 e. The van der Waals surface area contributed by atoms with Gasteiger partial charge in [0.25, 0.3) is 10.0 Å². The lowest BCUT2D eigenvalue weighted by atomic mass is 10.1. The van der Waals surface area contributed by atoms with Crippen molar-refractivity contribution >= 4 is 50.7 Å². The average molecular weight is 591 g/mol. The standard InChI is InChI=1S/C29H33Cl2N3O4S/c1-19(2)32-29(36)22(5)33(17-23-9-6-8-21(4)16-23)27(35)18-34(26-11-7-10-25(30)28(26)31)39(37,38)24-14-12-20(3)13-15-24/h6-16,19,22H,17-18H2,1-5H3,(H,32,36)/t22-/m1/s1. The molecule has 3 aromatic rings. The van der Waals surface area contributed by atoms with Crippen LogP contribution in [0.5, 0.6) is 0 Å². The maximum atomic E-state index is 13.9. The Morgan fingerprint density at radius 3 is 2.15 bits per heavy atom. The fourth-order valence-corrected chi connectivity index (χ4v) is 5.90. The number of anilines is 1. The topological polar surface area (TPSA) is 86.8 Å². The third-order valence-corrected chi connectivity index (χ3v) is 8.70. The molecule has 1 atom stereocenters. The Balaban J connectivity index is 2.08. The molecule has 0 spiro atoms. The van der Waals surface area contributed by atoms with Crippen LogP contribution in [-0.2, 0) is 26.2 Å². The molecular weight excluding hydrogens is 557 g/mol. The van der Waals surface area contributed by atoms with E-state index in [2.05, 4.69) is 5.32 Å². The lowest BCUT2D eigenvalue weighted by molar-refractivity contribution is -0.139. The predicted molar refractivity (Wildman–Crippen MR) is 157 cm³/mol. The summed E-state index contributed by atoms with van der Waals surface area (Å²) in [7, 11) is -4.24. The quantitative estimate of drug-likeness (QED) is 0.326.